The number of hydrogen-bond donors (Lipinski definition) is 9. The van der Waals surface area contributed by atoms with Gasteiger partial charge in [-0.1, -0.05) is 38.5 Å². The van der Waals surface area contributed by atoms with E-state index in [1.807, 2.05) is 31.2 Å². The van der Waals surface area contributed by atoms with Crippen LogP contribution in [0.25, 0.3) is 10.9 Å². The number of aliphatic imine (C=N–C) groups is 1. The molecular formula is C29H42N10O5. The van der Waals surface area contributed by atoms with Crippen LogP contribution in [0.5, 0.6) is 0 Å². The topological polar surface area (TPSA) is 259 Å². The zero-order valence-corrected chi connectivity index (χ0v) is 24.9. The van der Waals surface area contributed by atoms with Crippen molar-refractivity contribution in [3.05, 3.63) is 54.2 Å². The zero-order chi connectivity index (χ0) is 32.2. The number of amides is 3. The van der Waals surface area contributed by atoms with Gasteiger partial charge in [-0.15, -0.1) is 0 Å². The van der Waals surface area contributed by atoms with Gasteiger partial charge in [0.05, 0.1) is 12.4 Å². The Hall–Kier alpha value is -4.92. The number of aromatic amines is 2. The number of benzene rings is 1. The number of nitrogens with one attached hydrogen (secondary N) is 5. The molecule has 2 aromatic heterocycles. The Kier molecular flexibility index (Phi) is 12.3. The van der Waals surface area contributed by atoms with Gasteiger partial charge in [0.15, 0.2) is 5.96 Å². The molecule has 5 unspecified atom stereocenters. The number of rotatable bonds is 17. The van der Waals surface area contributed by atoms with Crippen molar-refractivity contribution in [3.63, 3.8) is 0 Å². The number of hydrogen-bond acceptors (Lipinski definition) is 7. The Morgan fingerprint density at radius 3 is 2.39 bits per heavy atom. The number of carbonyl (C=O) groups excluding carboxylic acids is 3. The van der Waals surface area contributed by atoms with Gasteiger partial charge in [-0.2, -0.15) is 0 Å². The van der Waals surface area contributed by atoms with Gasteiger partial charge in [0.1, 0.15) is 18.1 Å². The van der Waals surface area contributed by atoms with E-state index in [1.54, 1.807) is 19.3 Å². The Balaban J connectivity index is 1.74. The minimum Gasteiger partial charge on any atom is -0.480 e. The minimum atomic E-state index is -1.25. The lowest BCUT2D eigenvalue weighted by atomic mass is 9.96. The Morgan fingerprint density at radius 2 is 1.73 bits per heavy atom. The van der Waals surface area contributed by atoms with E-state index in [9.17, 15) is 24.3 Å². The molecule has 0 aliphatic carbocycles. The summed E-state index contributed by atoms with van der Waals surface area (Å²) in [5.41, 5.74) is 19.1. The fourth-order valence-corrected chi connectivity index (χ4v) is 4.71. The molecule has 15 nitrogen and oxygen atoms in total. The van der Waals surface area contributed by atoms with E-state index in [0.717, 1.165) is 16.5 Å². The number of carboxylic acid groups (broad SMARTS) is 1. The summed E-state index contributed by atoms with van der Waals surface area (Å²) in [6.07, 6.45) is 5.93. The molecular weight excluding hydrogens is 568 g/mol. The van der Waals surface area contributed by atoms with Crippen molar-refractivity contribution in [2.75, 3.05) is 6.54 Å². The first-order valence-corrected chi connectivity index (χ1v) is 14.5. The van der Waals surface area contributed by atoms with Crippen molar-refractivity contribution in [1.29, 1.82) is 0 Å². The van der Waals surface area contributed by atoms with Gasteiger partial charge in [-0.05, 0) is 30.4 Å². The van der Waals surface area contributed by atoms with Crippen LogP contribution in [0.2, 0.25) is 0 Å². The molecule has 15 heteroatoms. The first-order valence-electron chi connectivity index (χ1n) is 14.5. The standard InChI is InChI=1S/C29H42N10O5/c1-3-16(2)24(27(42)38-23(28(43)44)11-17-13-35-21-8-5-4-7-19(17)21)39-26(41)22(9-6-10-34-29(31)32)37-25(40)20(30)12-18-14-33-15-36-18/h4-5,7-8,13-16,20,22-24,35H,3,6,9-12,30H2,1-2H3,(H,33,36)(H,37,40)(H,38,42)(H,39,41)(H,43,44)(H4,31,32,34). The summed E-state index contributed by atoms with van der Waals surface area (Å²) in [5, 5.41) is 18.8. The maximum atomic E-state index is 13.5. The van der Waals surface area contributed by atoms with Crippen LogP contribution in [0, 0.1) is 5.92 Å². The lowest BCUT2D eigenvalue weighted by molar-refractivity contribution is -0.142. The zero-order valence-electron chi connectivity index (χ0n) is 24.9. The molecule has 2 heterocycles. The predicted molar refractivity (Wildman–Crippen MR) is 165 cm³/mol. The molecule has 0 saturated carbocycles. The number of para-hydroxylation sites is 1. The van der Waals surface area contributed by atoms with Crippen LogP contribution >= 0.6 is 0 Å². The fraction of sp³-hybridized carbons (Fsp3) is 0.448. The molecule has 12 N–H and O–H groups in total. The summed E-state index contributed by atoms with van der Waals surface area (Å²) >= 11 is 0. The highest BCUT2D eigenvalue weighted by molar-refractivity contribution is 5.94. The summed E-state index contributed by atoms with van der Waals surface area (Å²) in [7, 11) is 0. The van der Waals surface area contributed by atoms with Crippen LogP contribution in [0.1, 0.15) is 44.4 Å². The maximum absolute atomic E-state index is 13.5. The van der Waals surface area contributed by atoms with Crippen LogP contribution in [-0.2, 0) is 32.0 Å². The van der Waals surface area contributed by atoms with Gasteiger partial charge in [-0.3, -0.25) is 19.4 Å². The van der Waals surface area contributed by atoms with Crippen molar-refractivity contribution >= 4 is 40.6 Å². The second-order valence-corrected chi connectivity index (χ2v) is 10.7. The molecule has 0 aliphatic heterocycles. The second kappa shape index (κ2) is 16.1. The molecule has 0 bridgehead atoms. The van der Waals surface area contributed by atoms with Crippen LogP contribution in [-0.4, -0.2) is 80.4 Å². The van der Waals surface area contributed by atoms with Gasteiger partial charge in [-0.25, -0.2) is 9.78 Å². The van der Waals surface area contributed by atoms with Gasteiger partial charge in [0.25, 0.3) is 0 Å². The normalized spacial score (nSPS) is 14.5. The van der Waals surface area contributed by atoms with Crippen molar-refractivity contribution < 1.29 is 24.3 Å². The highest BCUT2D eigenvalue weighted by Gasteiger charge is 2.33. The number of aromatic nitrogens is 3. The molecule has 3 amide bonds. The minimum absolute atomic E-state index is 0.0317. The van der Waals surface area contributed by atoms with E-state index < -0.39 is 47.9 Å². The van der Waals surface area contributed by atoms with E-state index in [1.165, 1.54) is 6.33 Å². The Morgan fingerprint density at radius 1 is 1.00 bits per heavy atom. The van der Waals surface area contributed by atoms with Crippen molar-refractivity contribution in [3.8, 4) is 0 Å². The van der Waals surface area contributed by atoms with Gasteiger partial charge in [0.2, 0.25) is 17.7 Å². The number of nitrogens with two attached hydrogens (primary N) is 3. The molecule has 3 aromatic rings. The first kappa shape index (κ1) is 33.6. The summed E-state index contributed by atoms with van der Waals surface area (Å²) in [5.74, 6) is -3.53. The van der Waals surface area contributed by atoms with Gasteiger partial charge in [0, 0.05) is 48.4 Å². The van der Waals surface area contributed by atoms with Crippen molar-refractivity contribution in [2.24, 2.45) is 28.1 Å². The summed E-state index contributed by atoms with van der Waals surface area (Å²) in [4.78, 5) is 66.0. The molecule has 238 valence electrons. The predicted octanol–water partition coefficient (Wildman–Crippen LogP) is -0.358. The van der Waals surface area contributed by atoms with Crippen LogP contribution in [0.15, 0.2) is 48.0 Å². The third kappa shape index (κ3) is 9.55. The van der Waals surface area contributed by atoms with E-state index in [0.29, 0.717) is 18.5 Å². The lowest BCUT2D eigenvalue weighted by Crippen LogP contribution is -2.59. The third-order valence-electron chi connectivity index (χ3n) is 7.42. The number of H-pyrrole nitrogens is 2. The van der Waals surface area contributed by atoms with Crippen LogP contribution in [0.4, 0.5) is 0 Å². The number of aliphatic carboxylic acids is 1. The maximum Gasteiger partial charge on any atom is 0.326 e. The third-order valence-corrected chi connectivity index (χ3v) is 7.42. The largest absolute Gasteiger partial charge is 0.480 e. The number of imidazole rings is 1. The van der Waals surface area contributed by atoms with E-state index in [2.05, 4.69) is 35.9 Å². The van der Waals surface area contributed by atoms with E-state index in [4.69, 9.17) is 17.2 Å². The molecule has 3 rings (SSSR count). The number of carbonyl (C=O) groups is 4. The van der Waals surface area contributed by atoms with Gasteiger partial charge >= 0.3 is 5.97 Å². The SMILES string of the molecule is CCC(C)C(NC(=O)C(CCCN=C(N)N)NC(=O)C(N)Cc1cnc[nH]1)C(=O)NC(Cc1c[nH]c2ccccc12)C(=O)O. The Labute approximate surface area is 254 Å². The van der Waals surface area contributed by atoms with E-state index >= 15 is 0 Å². The lowest BCUT2D eigenvalue weighted by Gasteiger charge is -2.28. The van der Waals surface area contributed by atoms with Crippen molar-refractivity contribution in [2.45, 2.75) is 70.1 Å². The average Bonchev–Trinajstić information content (AvgIpc) is 3.66. The number of carboxylic acids is 1. The molecule has 0 spiro atoms. The highest BCUT2D eigenvalue weighted by Crippen LogP contribution is 2.19. The average molecular weight is 611 g/mol. The molecule has 5 atom stereocenters. The number of nitrogens with zero attached hydrogens (tertiary/aromatic N) is 2. The highest BCUT2D eigenvalue weighted by atomic mass is 16.4. The van der Waals surface area contributed by atoms with Crippen LogP contribution < -0.4 is 33.2 Å². The summed E-state index contributed by atoms with van der Waals surface area (Å²) in [6.45, 7) is 3.83. The monoisotopic (exact) mass is 610 g/mol. The molecule has 0 saturated heterocycles. The van der Waals surface area contributed by atoms with Crippen LogP contribution in [0.3, 0.4) is 0 Å². The fourth-order valence-electron chi connectivity index (χ4n) is 4.71. The number of fused-ring (bicyclic) bond motifs is 1. The number of guanidine groups is 1. The molecule has 0 fully saturated rings. The molecule has 0 radical (unpaired) electrons. The van der Waals surface area contributed by atoms with Crippen molar-refractivity contribution in [1.82, 2.24) is 30.9 Å². The quantitative estimate of drug-likeness (QED) is 0.0548. The summed E-state index contributed by atoms with van der Waals surface area (Å²) < 4.78 is 0. The van der Waals surface area contributed by atoms with Gasteiger partial charge < -0.3 is 48.2 Å². The smallest absolute Gasteiger partial charge is 0.326 e. The Bertz CT molecular complexity index is 1430. The second-order valence-electron chi connectivity index (χ2n) is 10.7. The first-order chi connectivity index (χ1) is 21.0. The van der Waals surface area contributed by atoms with E-state index in [-0.39, 0.29) is 37.7 Å². The molecule has 0 aliphatic rings. The molecule has 1 aromatic carbocycles. The summed E-state index contributed by atoms with van der Waals surface area (Å²) in [6, 6.07) is 3.09. The molecule has 44 heavy (non-hydrogen) atoms.